The molecular weight excluding hydrogens is 412 g/mol. The zero-order chi connectivity index (χ0) is 21.8. The minimum absolute atomic E-state index is 0.153. The number of rotatable bonds is 8. The Hall–Kier alpha value is -2.61. The van der Waals surface area contributed by atoms with Gasteiger partial charge in [0.05, 0.1) is 17.5 Å². The lowest BCUT2D eigenvalue weighted by atomic mass is 9.81. The van der Waals surface area contributed by atoms with E-state index in [-0.39, 0.29) is 29.6 Å². The average Bonchev–Trinajstić information content (AvgIpc) is 3.42. The van der Waals surface area contributed by atoms with E-state index in [0.29, 0.717) is 18.7 Å². The maximum atomic E-state index is 13.1. The fourth-order valence-corrected chi connectivity index (χ4v) is 5.06. The molecule has 1 aliphatic carbocycles. The molecule has 2 heterocycles. The third-order valence-electron chi connectivity index (χ3n) is 6.26. The summed E-state index contributed by atoms with van der Waals surface area (Å²) in [5.41, 5.74) is 1.88. The molecule has 7 nitrogen and oxygen atoms in total. The summed E-state index contributed by atoms with van der Waals surface area (Å²) < 4.78 is 1.77. The molecule has 31 heavy (non-hydrogen) atoms. The zero-order valence-electron chi connectivity index (χ0n) is 17.7. The van der Waals surface area contributed by atoms with E-state index < -0.39 is 6.04 Å². The molecule has 4 rings (SSSR count). The number of thioether (sulfide) groups is 1. The SMILES string of the molecule is CSCCC(C(=O)NCc1ccc(-n2cccn2)cc1)N1C(=O)C2CCCCC2C1=O. The Balaban J connectivity index is 1.43. The summed E-state index contributed by atoms with van der Waals surface area (Å²) in [5.74, 6) is -0.325. The van der Waals surface area contributed by atoms with Crippen LogP contribution in [-0.4, -0.2) is 50.5 Å². The van der Waals surface area contributed by atoms with Gasteiger partial charge in [0.1, 0.15) is 6.04 Å². The van der Waals surface area contributed by atoms with Crippen molar-refractivity contribution in [1.29, 1.82) is 0 Å². The summed E-state index contributed by atoms with van der Waals surface area (Å²) in [6, 6.07) is 8.89. The standard InChI is InChI=1S/C23H28N4O3S/c1-31-14-11-20(27-22(29)18-5-2-3-6-19(18)23(27)30)21(28)24-15-16-7-9-17(10-8-16)26-13-4-12-25-26/h4,7-10,12-13,18-20H,2-3,5-6,11,14-15H2,1H3,(H,24,28). The van der Waals surface area contributed by atoms with Crippen molar-refractivity contribution in [3.63, 3.8) is 0 Å². The van der Waals surface area contributed by atoms with Gasteiger partial charge in [0.2, 0.25) is 17.7 Å². The molecule has 0 spiro atoms. The first-order chi connectivity index (χ1) is 15.1. The lowest BCUT2D eigenvalue weighted by Crippen LogP contribution is -2.50. The Morgan fingerprint density at radius 1 is 1.16 bits per heavy atom. The van der Waals surface area contributed by atoms with E-state index in [1.165, 1.54) is 4.90 Å². The number of nitrogens with one attached hydrogen (secondary N) is 1. The molecule has 1 saturated heterocycles. The molecule has 2 fully saturated rings. The van der Waals surface area contributed by atoms with Crippen molar-refractivity contribution < 1.29 is 14.4 Å². The Morgan fingerprint density at radius 3 is 2.42 bits per heavy atom. The highest BCUT2D eigenvalue weighted by molar-refractivity contribution is 7.98. The van der Waals surface area contributed by atoms with Gasteiger partial charge in [-0.05, 0) is 55.0 Å². The van der Waals surface area contributed by atoms with Crippen molar-refractivity contribution in [2.75, 3.05) is 12.0 Å². The molecule has 1 aromatic carbocycles. The summed E-state index contributed by atoms with van der Waals surface area (Å²) in [6.45, 7) is 0.344. The maximum Gasteiger partial charge on any atom is 0.243 e. The molecule has 3 atom stereocenters. The Bertz CT molecular complexity index is 905. The maximum absolute atomic E-state index is 13.1. The number of carbonyl (C=O) groups is 3. The number of fused-ring (bicyclic) bond motifs is 1. The van der Waals surface area contributed by atoms with Crippen molar-refractivity contribution in [3.8, 4) is 5.69 Å². The van der Waals surface area contributed by atoms with Crippen LogP contribution in [0.2, 0.25) is 0 Å². The molecule has 0 radical (unpaired) electrons. The zero-order valence-corrected chi connectivity index (χ0v) is 18.5. The van der Waals surface area contributed by atoms with Gasteiger partial charge >= 0.3 is 0 Å². The van der Waals surface area contributed by atoms with Crippen molar-refractivity contribution >= 4 is 29.5 Å². The Kier molecular flexibility index (Phi) is 6.75. The Morgan fingerprint density at radius 2 is 1.84 bits per heavy atom. The number of nitrogens with zero attached hydrogens (tertiary/aromatic N) is 3. The number of carbonyl (C=O) groups excluding carboxylic acids is 3. The van der Waals surface area contributed by atoms with Gasteiger partial charge in [0.25, 0.3) is 0 Å². The van der Waals surface area contributed by atoms with Crippen LogP contribution in [0.25, 0.3) is 5.69 Å². The summed E-state index contributed by atoms with van der Waals surface area (Å²) in [7, 11) is 0. The lowest BCUT2D eigenvalue weighted by Gasteiger charge is -2.26. The van der Waals surface area contributed by atoms with Gasteiger partial charge in [-0.25, -0.2) is 4.68 Å². The lowest BCUT2D eigenvalue weighted by molar-refractivity contribution is -0.148. The summed E-state index contributed by atoms with van der Waals surface area (Å²) in [4.78, 5) is 40.4. The van der Waals surface area contributed by atoms with E-state index in [9.17, 15) is 14.4 Å². The largest absolute Gasteiger partial charge is 0.350 e. The van der Waals surface area contributed by atoms with Gasteiger partial charge in [0, 0.05) is 18.9 Å². The minimum atomic E-state index is -0.735. The smallest absolute Gasteiger partial charge is 0.243 e. The van der Waals surface area contributed by atoms with Gasteiger partial charge in [-0.15, -0.1) is 0 Å². The van der Waals surface area contributed by atoms with Crippen molar-refractivity contribution in [3.05, 3.63) is 48.3 Å². The topological polar surface area (TPSA) is 84.3 Å². The molecule has 1 saturated carbocycles. The van der Waals surface area contributed by atoms with Crippen LogP contribution in [0.4, 0.5) is 0 Å². The number of likely N-dealkylation sites (tertiary alicyclic amines) is 1. The fourth-order valence-electron chi connectivity index (χ4n) is 4.60. The van der Waals surface area contributed by atoms with Gasteiger partial charge in [-0.3, -0.25) is 19.3 Å². The van der Waals surface area contributed by atoms with Crippen LogP contribution in [0.1, 0.15) is 37.7 Å². The van der Waals surface area contributed by atoms with Gasteiger partial charge in [-0.1, -0.05) is 25.0 Å². The van der Waals surface area contributed by atoms with E-state index in [4.69, 9.17) is 0 Å². The van der Waals surface area contributed by atoms with E-state index in [0.717, 1.165) is 36.9 Å². The summed E-state index contributed by atoms with van der Waals surface area (Å²) in [6.07, 6.45) is 9.49. The molecule has 8 heteroatoms. The monoisotopic (exact) mass is 440 g/mol. The molecule has 1 N–H and O–H groups in total. The molecule has 3 unspecified atom stereocenters. The van der Waals surface area contributed by atoms with Crippen LogP contribution in [0.5, 0.6) is 0 Å². The van der Waals surface area contributed by atoms with E-state index in [1.807, 2.05) is 42.8 Å². The van der Waals surface area contributed by atoms with Crippen LogP contribution in [0.3, 0.4) is 0 Å². The van der Waals surface area contributed by atoms with Crippen molar-refractivity contribution in [2.24, 2.45) is 11.8 Å². The number of hydrogen-bond acceptors (Lipinski definition) is 5. The van der Waals surface area contributed by atoms with E-state index in [1.54, 1.807) is 22.6 Å². The normalized spacial score (nSPS) is 21.8. The first kappa shape index (κ1) is 21.6. The third kappa shape index (κ3) is 4.54. The number of aromatic nitrogens is 2. The number of amides is 3. The summed E-state index contributed by atoms with van der Waals surface area (Å²) >= 11 is 1.61. The number of hydrogen-bond donors (Lipinski definition) is 1. The predicted octanol–water partition coefficient (Wildman–Crippen LogP) is 2.79. The van der Waals surface area contributed by atoms with Crippen molar-refractivity contribution in [2.45, 2.75) is 44.7 Å². The molecule has 1 aliphatic heterocycles. The molecule has 0 bridgehead atoms. The minimum Gasteiger partial charge on any atom is -0.350 e. The summed E-state index contributed by atoms with van der Waals surface area (Å²) in [5, 5.41) is 7.15. The van der Waals surface area contributed by atoms with Gasteiger partial charge < -0.3 is 5.32 Å². The van der Waals surface area contributed by atoms with Crippen LogP contribution in [0.15, 0.2) is 42.7 Å². The second-order valence-electron chi connectivity index (χ2n) is 8.18. The second-order valence-corrected chi connectivity index (χ2v) is 9.16. The van der Waals surface area contributed by atoms with Gasteiger partial charge in [-0.2, -0.15) is 16.9 Å². The number of benzene rings is 1. The molecule has 2 aromatic rings. The van der Waals surface area contributed by atoms with E-state index in [2.05, 4.69) is 10.4 Å². The second kappa shape index (κ2) is 9.68. The van der Waals surface area contributed by atoms with Gasteiger partial charge in [0.15, 0.2) is 0 Å². The van der Waals surface area contributed by atoms with Crippen LogP contribution >= 0.6 is 11.8 Å². The quantitative estimate of drug-likeness (QED) is 0.638. The average molecular weight is 441 g/mol. The van der Waals surface area contributed by atoms with Crippen molar-refractivity contribution in [1.82, 2.24) is 20.0 Å². The highest BCUT2D eigenvalue weighted by atomic mass is 32.2. The molecule has 164 valence electrons. The highest BCUT2D eigenvalue weighted by Crippen LogP contribution is 2.39. The molecule has 1 aromatic heterocycles. The number of imide groups is 1. The molecule has 2 aliphatic rings. The highest BCUT2D eigenvalue weighted by Gasteiger charge is 2.51. The third-order valence-corrected chi connectivity index (χ3v) is 6.90. The Labute approximate surface area is 186 Å². The van der Waals surface area contributed by atoms with Crippen LogP contribution in [-0.2, 0) is 20.9 Å². The first-order valence-corrected chi connectivity index (χ1v) is 12.2. The predicted molar refractivity (Wildman–Crippen MR) is 119 cm³/mol. The van der Waals surface area contributed by atoms with Crippen LogP contribution in [0, 0.1) is 11.8 Å². The molecular formula is C23H28N4O3S. The van der Waals surface area contributed by atoms with Crippen LogP contribution < -0.4 is 5.32 Å². The fraction of sp³-hybridized carbons (Fsp3) is 0.478. The first-order valence-electron chi connectivity index (χ1n) is 10.8. The van der Waals surface area contributed by atoms with E-state index >= 15 is 0 Å². The molecule has 3 amide bonds.